The molecule has 0 radical (unpaired) electrons. The molecule has 1 saturated heterocycles. The molecule has 19 heavy (non-hydrogen) atoms. The summed E-state index contributed by atoms with van der Waals surface area (Å²) in [6.07, 6.45) is 0.921. The molecule has 104 valence electrons. The van der Waals surface area contributed by atoms with Gasteiger partial charge in [-0.05, 0) is 13.0 Å². The molecule has 2 rings (SSSR count). The second-order valence-corrected chi connectivity index (χ2v) is 4.47. The van der Waals surface area contributed by atoms with Crippen molar-refractivity contribution in [1.29, 1.82) is 0 Å². The summed E-state index contributed by atoms with van der Waals surface area (Å²) in [5, 5.41) is 17.6. The van der Waals surface area contributed by atoms with Crippen LogP contribution >= 0.6 is 0 Å². The van der Waals surface area contributed by atoms with Gasteiger partial charge >= 0.3 is 5.69 Å². The van der Waals surface area contributed by atoms with Crippen molar-refractivity contribution in [3.8, 4) is 0 Å². The zero-order valence-electron chi connectivity index (χ0n) is 11.0. The van der Waals surface area contributed by atoms with Crippen molar-refractivity contribution in [3.63, 3.8) is 0 Å². The van der Waals surface area contributed by atoms with Crippen molar-refractivity contribution in [1.82, 2.24) is 14.7 Å². The van der Waals surface area contributed by atoms with Gasteiger partial charge in [0.25, 0.3) is 0 Å². The van der Waals surface area contributed by atoms with Crippen LogP contribution in [0.15, 0.2) is 0 Å². The summed E-state index contributed by atoms with van der Waals surface area (Å²) >= 11 is 0. The lowest BCUT2D eigenvalue weighted by molar-refractivity contribution is -0.384. The number of amides is 1. The number of rotatable bonds is 6. The van der Waals surface area contributed by atoms with Crippen LogP contribution in [0.5, 0.6) is 0 Å². The van der Waals surface area contributed by atoms with Gasteiger partial charge in [0.1, 0.15) is 5.69 Å². The minimum Gasteiger partial charge on any atom is -0.306 e. The Bertz CT molecular complexity index is 493. The number of carbonyl (C=O) groups is 1. The third-order valence-electron chi connectivity index (χ3n) is 3.43. The predicted octanol–water partition coefficient (Wildman–Crippen LogP) is 0.799. The first kappa shape index (κ1) is 13.5. The molecule has 1 aromatic heterocycles. The van der Waals surface area contributed by atoms with Gasteiger partial charge < -0.3 is 5.32 Å². The van der Waals surface area contributed by atoms with E-state index in [1.54, 1.807) is 4.68 Å². The highest BCUT2D eigenvalue weighted by molar-refractivity contribution is 5.75. The number of nitro groups is 1. The van der Waals surface area contributed by atoms with Gasteiger partial charge in [0, 0.05) is 13.1 Å². The normalized spacial score (nSPS) is 16.1. The fraction of sp³-hybridized carbons (Fsp3) is 0.636. The third-order valence-corrected chi connectivity index (χ3v) is 3.43. The predicted molar refractivity (Wildman–Crippen MR) is 69.1 cm³/mol. The van der Waals surface area contributed by atoms with Crippen LogP contribution in [0.3, 0.4) is 0 Å². The van der Waals surface area contributed by atoms with Gasteiger partial charge in [0.05, 0.1) is 11.0 Å². The molecule has 1 fully saturated rings. The molecule has 0 atom stereocenters. The second-order valence-electron chi connectivity index (χ2n) is 4.47. The van der Waals surface area contributed by atoms with Crippen LogP contribution in [-0.4, -0.2) is 45.6 Å². The van der Waals surface area contributed by atoms with Gasteiger partial charge in [-0.2, -0.15) is 0 Å². The lowest BCUT2D eigenvalue weighted by Gasteiger charge is -2.38. The first-order valence-corrected chi connectivity index (χ1v) is 6.30. The van der Waals surface area contributed by atoms with E-state index in [2.05, 4.69) is 22.2 Å². The smallest absolute Gasteiger partial charge is 0.306 e. The van der Waals surface area contributed by atoms with Crippen LogP contribution < -0.4 is 5.32 Å². The lowest BCUT2D eigenvalue weighted by Crippen LogP contribution is -2.48. The van der Waals surface area contributed by atoms with Crippen molar-refractivity contribution in [3.05, 3.63) is 15.8 Å². The minimum atomic E-state index is -0.482. The van der Waals surface area contributed by atoms with Gasteiger partial charge in [-0.15, -0.1) is 5.10 Å². The van der Waals surface area contributed by atoms with Crippen LogP contribution in [0.1, 0.15) is 25.6 Å². The lowest BCUT2D eigenvalue weighted by atomic mass is 10.1. The Balaban J connectivity index is 2.35. The molecule has 0 unspecified atom stereocenters. The zero-order valence-corrected chi connectivity index (χ0v) is 11.0. The van der Waals surface area contributed by atoms with E-state index in [-0.39, 0.29) is 17.5 Å². The summed E-state index contributed by atoms with van der Waals surface area (Å²) < 4.78 is 1.69. The van der Waals surface area contributed by atoms with E-state index in [1.807, 2.05) is 6.92 Å². The summed E-state index contributed by atoms with van der Waals surface area (Å²) in [6, 6.07) is 0.149. The zero-order chi connectivity index (χ0) is 14.0. The Hall–Kier alpha value is -1.96. The number of nitrogens with zero attached hydrogens (tertiary/aromatic N) is 4. The SMILES string of the molecule is CCc1c([N+](=O)[O-])c(NC=O)nn1C1CN(CC)C1. The van der Waals surface area contributed by atoms with Crippen LogP contribution in [0.4, 0.5) is 11.5 Å². The van der Waals surface area contributed by atoms with Crippen LogP contribution in [0.2, 0.25) is 0 Å². The van der Waals surface area contributed by atoms with Gasteiger partial charge in [0.15, 0.2) is 0 Å². The highest BCUT2D eigenvalue weighted by Gasteiger charge is 2.34. The quantitative estimate of drug-likeness (QED) is 0.467. The molecule has 0 saturated carbocycles. The molecule has 1 aliphatic heterocycles. The fourth-order valence-corrected chi connectivity index (χ4v) is 2.39. The number of nitrogens with one attached hydrogen (secondary N) is 1. The Morgan fingerprint density at radius 1 is 1.53 bits per heavy atom. The largest absolute Gasteiger partial charge is 0.334 e. The highest BCUT2D eigenvalue weighted by Crippen LogP contribution is 2.33. The van der Waals surface area contributed by atoms with Crippen LogP contribution in [0.25, 0.3) is 0 Å². The van der Waals surface area contributed by atoms with E-state index in [9.17, 15) is 14.9 Å². The summed E-state index contributed by atoms with van der Waals surface area (Å²) in [4.78, 5) is 23.4. The summed E-state index contributed by atoms with van der Waals surface area (Å²) in [5.41, 5.74) is 0.472. The van der Waals surface area contributed by atoms with Crippen molar-refractivity contribution >= 4 is 17.9 Å². The standard InChI is InChI=1S/C11H17N5O3/c1-3-9-10(16(18)19)11(12-7-17)13-15(9)8-5-14(4-2)6-8/h7-8H,3-6H2,1-2H3,(H,12,13,17). The van der Waals surface area contributed by atoms with E-state index in [0.29, 0.717) is 18.5 Å². The maximum absolute atomic E-state index is 11.1. The van der Waals surface area contributed by atoms with E-state index in [0.717, 1.165) is 19.6 Å². The molecule has 8 nitrogen and oxygen atoms in total. The van der Waals surface area contributed by atoms with Crippen molar-refractivity contribution in [2.24, 2.45) is 0 Å². The number of carbonyl (C=O) groups excluding carboxylic acids is 1. The molecule has 1 N–H and O–H groups in total. The van der Waals surface area contributed by atoms with Crippen molar-refractivity contribution in [2.45, 2.75) is 26.3 Å². The average molecular weight is 267 g/mol. The number of likely N-dealkylation sites (tertiary alicyclic amines) is 1. The maximum atomic E-state index is 11.1. The molecule has 1 amide bonds. The molecule has 0 spiro atoms. The Kier molecular flexibility index (Phi) is 3.79. The molecular weight excluding hydrogens is 250 g/mol. The number of likely N-dealkylation sites (N-methyl/N-ethyl adjacent to an activating group) is 1. The van der Waals surface area contributed by atoms with E-state index in [4.69, 9.17) is 0 Å². The highest BCUT2D eigenvalue weighted by atomic mass is 16.6. The average Bonchev–Trinajstić information content (AvgIpc) is 2.67. The molecule has 1 aliphatic rings. The van der Waals surface area contributed by atoms with Crippen LogP contribution in [0, 0.1) is 10.1 Å². The molecule has 2 heterocycles. The van der Waals surface area contributed by atoms with Gasteiger partial charge in [-0.25, -0.2) is 0 Å². The molecule has 0 aromatic carbocycles. The molecule has 0 bridgehead atoms. The van der Waals surface area contributed by atoms with Gasteiger partial charge in [-0.3, -0.25) is 24.5 Å². The van der Waals surface area contributed by atoms with Crippen molar-refractivity contribution in [2.75, 3.05) is 25.0 Å². The minimum absolute atomic E-state index is 0.0341. The van der Waals surface area contributed by atoms with Gasteiger partial charge in [0.2, 0.25) is 12.2 Å². The molecular formula is C11H17N5O3. The number of hydrogen-bond donors (Lipinski definition) is 1. The third kappa shape index (κ3) is 2.30. The number of hydrogen-bond acceptors (Lipinski definition) is 5. The molecule has 1 aromatic rings. The number of anilines is 1. The topological polar surface area (TPSA) is 93.3 Å². The fourth-order valence-electron chi connectivity index (χ4n) is 2.39. The van der Waals surface area contributed by atoms with Gasteiger partial charge in [-0.1, -0.05) is 13.8 Å². The Labute approximate surface area is 110 Å². The monoisotopic (exact) mass is 267 g/mol. The summed E-state index contributed by atoms with van der Waals surface area (Å²) in [7, 11) is 0. The molecule has 0 aliphatic carbocycles. The van der Waals surface area contributed by atoms with E-state index >= 15 is 0 Å². The second kappa shape index (κ2) is 5.35. The van der Waals surface area contributed by atoms with Crippen LogP contribution in [-0.2, 0) is 11.2 Å². The Morgan fingerprint density at radius 2 is 2.21 bits per heavy atom. The summed E-state index contributed by atoms with van der Waals surface area (Å²) in [5.74, 6) is 0.0341. The van der Waals surface area contributed by atoms with Crippen molar-refractivity contribution < 1.29 is 9.72 Å². The molecule has 8 heteroatoms. The van der Waals surface area contributed by atoms with E-state index < -0.39 is 4.92 Å². The Morgan fingerprint density at radius 3 is 2.68 bits per heavy atom. The van der Waals surface area contributed by atoms with E-state index in [1.165, 1.54) is 0 Å². The summed E-state index contributed by atoms with van der Waals surface area (Å²) in [6.45, 7) is 6.55. The first-order valence-electron chi connectivity index (χ1n) is 6.30. The maximum Gasteiger partial charge on any atom is 0.334 e. The number of aromatic nitrogens is 2. The first-order chi connectivity index (χ1) is 9.12.